The van der Waals surface area contributed by atoms with E-state index < -0.39 is 0 Å². The minimum absolute atomic E-state index is 0.0242. The number of aromatic nitrogens is 1. The van der Waals surface area contributed by atoms with Gasteiger partial charge in [-0.3, -0.25) is 10.1 Å². The summed E-state index contributed by atoms with van der Waals surface area (Å²) in [5.74, 6) is 1.48. The highest BCUT2D eigenvalue weighted by molar-refractivity contribution is 5.81. The molecule has 1 heterocycles. The van der Waals surface area contributed by atoms with Crippen molar-refractivity contribution < 1.29 is 9.21 Å². The fourth-order valence-corrected chi connectivity index (χ4v) is 1.69. The normalized spacial score (nSPS) is 12.4. The molecule has 0 fully saturated rings. The molecule has 108 valence electrons. The van der Waals surface area contributed by atoms with Crippen LogP contribution in [0, 0.1) is 13.8 Å². The van der Waals surface area contributed by atoms with E-state index in [-0.39, 0.29) is 11.9 Å². The number of oxazole rings is 1. The quantitative estimate of drug-likeness (QED) is 0.708. The Morgan fingerprint density at radius 2 is 2.11 bits per heavy atom. The molecule has 0 saturated carbocycles. The van der Waals surface area contributed by atoms with Gasteiger partial charge in [-0.2, -0.15) is 0 Å². The maximum Gasteiger partial charge on any atom is 0.236 e. The van der Waals surface area contributed by atoms with Gasteiger partial charge in [0.1, 0.15) is 5.76 Å². The van der Waals surface area contributed by atoms with Crippen molar-refractivity contribution in [2.24, 2.45) is 0 Å². The number of unbranched alkanes of at least 4 members (excludes halogenated alkanes) is 2. The summed E-state index contributed by atoms with van der Waals surface area (Å²) in [7, 11) is 0. The summed E-state index contributed by atoms with van der Waals surface area (Å²) < 4.78 is 5.45. The summed E-state index contributed by atoms with van der Waals surface area (Å²) in [5.41, 5.74) is 0.897. The molecule has 0 aromatic carbocycles. The van der Waals surface area contributed by atoms with Gasteiger partial charge in [0.25, 0.3) is 0 Å². The third kappa shape index (κ3) is 5.42. The Hall–Kier alpha value is -1.36. The molecule has 5 heteroatoms. The molecule has 1 amide bonds. The molecular formula is C14H25N3O2. The highest BCUT2D eigenvalue weighted by Crippen LogP contribution is 2.07. The van der Waals surface area contributed by atoms with E-state index in [0.29, 0.717) is 12.4 Å². The zero-order chi connectivity index (χ0) is 14.3. The van der Waals surface area contributed by atoms with Crippen LogP contribution in [0.3, 0.4) is 0 Å². The Morgan fingerprint density at radius 1 is 1.37 bits per heavy atom. The van der Waals surface area contributed by atoms with Crippen molar-refractivity contribution in [2.75, 3.05) is 6.54 Å². The third-order valence-electron chi connectivity index (χ3n) is 3.11. The number of hydrogen-bond donors (Lipinski definition) is 2. The molecule has 5 nitrogen and oxygen atoms in total. The Morgan fingerprint density at radius 3 is 2.68 bits per heavy atom. The molecule has 2 N–H and O–H groups in total. The van der Waals surface area contributed by atoms with Crippen molar-refractivity contribution in [1.29, 1.82) is 0 Å². The molecule has 19 heavy (non-hydrogen) atoms. The molecule has 0 saturated heterocycles. The summed E-state index contributed by atoms with van der Waals surface area (Å²) in [6, 6.07) is -0.242. The molecule has 0 spiro atoms. The summed E-state index contributed by atoms with van der Waals surface area (Å²) in [4.78, 5) is 16.0. The first-order chi connectivity index (χ1) is 9.04. The van der Waals surface area contributed by atoms with E-state index in [4.69, 9.17) is 4.42 Å². The van der Waals surface area contributed by atoms with Crippen LogP contribution >= 0.6 is 0 Å². The van der Waals surface area contributed by atoms with Gasteiger partial charge in [-0.05, 0) is 27.2 Å². The predicted molar refractivity (Wildman–Crippen MR) is 74.8 cm³/mol. The molecular weight excluding hydrogens is 242 g/mol. The first-order valence-corrected chi connectivity index (χ1v) is 6.98. The molecule has 0 radical (unpaired) electrons. The van der Waals surface area contributed by atoms with Gasteiger partial charge in [0.05, 0.1) is 18.3 Å². The van der Waals surface area contributed by atoms with Crippen LogP contribution in [0.4, 0.5) is 0 Å². The number of amides is 1. The topological polar surface area (TPSA) is 67.2 Å². The average molecular weight is 267 g/mol. The summed E-state index contributed by atoms with van der Waals surface area (Å²) in [6.45, 7) is 9.00. The SMILES string of the molecule is CCCCCNC(=O)C(C)NCc1nc(C)c(C)o1. The molecule has 0 aliphatic carbocycles. The molecule has 0 aliphatic rings. The average Bonchev–Trinajstić information content (AvgIpc) is 2.71. The van der Waals surface area contributed by atoms with Gasteiger partial charge in [-0.15, -0.1) is 0 Å². The van der Waals surface area contributed by atoms with Gasteiger partial charge in [0.15, 0.2) is 0 Å². The van der Waals surface area contributed by atoms with E-state index in [1.807, 2.05) is 20.8 Å². The Balaban J connectivity index is 2.26. The lowest BCUT2D eigenvalue weighted by Gasteiger charge is -2.12. The number of carbonyl (C=O) groups is 1. The van der Waals surface area contributed by atoms with E-state index in [0.717, 1.165) is 37.3 Å². The van der Waals surface area contributed by atoms with Crippen molar-refractivity contribution in [2.45, 2.75) is 59.5 Å². The van der Waals surface area contributed by atoms with Gasteiger partial charge < -0.3 is 9.73 Å². The second-order valence-electron chi connectivity index (χ2n) is 4.85. The lowest BCUT2D eigenvalue weighted by Crippen LogP contribution is -2.42. The molecule has 1 rings (SSSR count). The number of hydrogen-bond acceptors (Lipinski definition) is 4. The van der Waals surface area contributed by atoms with E-state index in [1.165, 1.54) is 0 Å². The summed E-state index contributed by atoms with van der Waals surface area (Å²) >= 11 is 0. The fraction of sp³-hybridized carbons (Fsp3) is 0.714. The van der Waals surface area contributed by atoms with Crippen LogP contribution in [0.2, 0.25) is 0 Å². The monoisotopic (exact) mass is 267 g/mol. The zero-order valence-electron chi connectivity index (χ0n) is 12.4. The zero-order valence-corrected chi connectivity index (χ0v) is 12.4. The molecule has 1 unspecified atom stereocenters. The predicted octanol–water partition coefficient (Wildman–Crippen LogP) is 2.08. The Kier molecular flexibility index (Phi) is 6.56. The minimum atomic E-state index is -0.242. The Labute approximate surface area is 115 Å². The molecule has 0 bridgehead atoms. The van der Waals surface area contributed by atoms with Crippen LogP contribution in [0.25, 0.3) is 0 Å². The van der Waals surface area contributed by atoms with Crippen molar-refractivity contribution in [1.82, 2.24) is 15.6 Å². The number of carbonyl (C=O) groups excluding carboxylic acids is 1. The van der Waals surface area contributed by atoms with Crippen LogP contribution in [0.15, 0.2) is 4.42 Å². The van der Waals surface area contributed by atoms with Crippen molar-refractivity contribution in [3.8, 4) is 0 Å². The van der Waals surface area contributed by atoms with Gasteiger partial charge >= 0.3 is 0 Å². The van der Waals surface area contributed by atoms with Crippen LogP contribution < -0.4 is 10.6 Å². The first-order valence-electron chi connectivity index (χ1n) is 6.98. The molecule has 0 aliphatic heterocycles. The maximum atomic E-state index is 11.8. The minimum Gasteiger partial charge on any atom is -0.444 e. The van der Waals surface area contributed by atoms with E-state index in [9.17, 15) is 4.79 Å². The molecule has 1 atom stereocenters. The van der Waals surface area contributed by atoms with Crippen molar-refractivity contribution in [3.63, 3.8) is 0 Å². The standard InChI is InChI=1S/C14H25N3O2/c1-5-6-7-8-15-14(18)11(3)16-9-13-17-10(2)12(4)19-13/h11,16H,5-9H2,1-4H3,(H,15,18). The van der Waals surface area contributed by atoms with Gasteiger partial charge in [-0.1, -0.05) is 19.8 Å². The lowest BCUT2D eigenvalue weighted by atomic mass is 10.2. The third-order valence-corrected chi connectivity index (χ3v) is 3.11. The number of aryl methyl sites for hydroxylation is 2. The van der Waals surface area contributed by atoms with Crippen molar-refractivity contribution >= 4 is 5.91 Å². The second-order valence-corrected chi connectivity index (χ2v) is 4.85. The van der Waals surface area contributed by atoms with Crippen LogP contribution in [-0.2, 0) is 11.3 Å². The van der Waals surface area contributed by atoms with Gasteiger partial charge in [-0.25, -0.2) is 4.98 Å². The van der Waals surface area contributed by atoms with Gasteiger partial charge in [0, 0.05) is 6.54 Å². The highest BCUT2D eigenvalue weighted by atomic mass is 16.4. The lowest BCUT2D eigenvalue weighted by molar-refractivity contribution is -0.122. The fourth-order valence-electron chi connectivity index (χ4n) is 1.69. The van der Waals surface area contributed by atoms with Crippen LogP contribution in [-0.4, -0.2) is 23.5 Å². The van der Waals surface area contributed by atoms with Gasteiger partial charge in [0.2, 0.25) is 11.8 Å². The summed E-state index contributed by atoms with van der Waals surface area (Å²) in [5, 5.41) is 6.03. The Bertz CT molecular complexity index is 382. The second kappa shape index (κ2) is 7.94. The highest BCUT2D eigenvalue weighted by Gasteiger charge is 2.13. The summed E-state index contributed by atoms with van der Waals surface area (Å²) in [6.07, 6.45) is 3.34. The number of rotatable bonds is 8. The smallest absolute Gasteiger partial charge is 0.236 e. The van der Waals surface area contributed by atoms with Crippen LogP contribution in [0.1, 0.15) is 50.5 Å². The maximum absolute atomic E-state index is 11.8. The van der Waals surface area contributed by atoms with E-state index in [1.54, 1.807) is 0 Å². The molecule has 1 aromatic rings. The largest absolute Gasteiger partial charge is 0.444 e. The van der Waals surface area contributed by atoms with Crippen LogP contribution in [0.5, 0.6) is 0 Å². The first kappa shape index (κ1) is 15.7. The van der Waals surface area contributed by atoms with Crippen molar-refractivity contribution in [3.05, 3.63) is 17.3 Å². The van der Waals surface area contributed by atoms with E-state index >= 15 is 0 Å². The molecule has 1 aromatic heterocycles. The van der Waals surface area contributed by atoms with E-state index in [2.05, 4.69) is 22.5 Å². The number of nitrogens with zero attached hydrogens (tertiary/aromatic N) is 1. The number of nitrogens with one attached hydrogen (secondary N) is 2.